The van der Waals surface area contributed by atoms with Crippen molar-refractivity contribution in [3.63, 3.8) is 0 Å². The van der Waals surface area contributed by atoms with Gasteiger partial charge in [0.2, 0.25) is 41.4 Å². The zero-order valence-corrected chi connectivity index (χ0v) is 32.2. The van der Waals surface area contributed by atoms with Crippen LogP contribution < -0.4 is 43.4 Å². The summed E-state index contributed by atoms with van der Waals surface area (Å²) in [4.78, 5) is 125. The number of carbonyl (C=O) groups is 10. The van der Waals surface area contributed by atoms with Crippen LogP contribution in [0.4, 0.5) is 0 Å². The quantitative estimate of drug-likeness (QED) is 0.0461. The largest absolute Gasteiger partial charge is 0.481 e. The van der Waals surface area contributed by atoms with Gasteiger partial charge >= 0.3 is 17.9 Å². The van der Waals surface area contributed by atoms with Crippen molar-refractivity contribution >= 4 is 59.3 Å². The second-order valence-corrected chi connectivity index (χ2v) is 13.7. The van der Waals surface area contributed by atoms with Gasteiger partial charge in [0.15, 0.2) is 0 Å². The third-order valence-electron chi connectivity index (χ3n) is 8.76. The third kappa shape index (κ3) is 18.4. The predicted molar refractivity (Wildman–Crippen MR) is 200 cm³/mol. The number of amides is 7. The molecule has 1 aromatic carbocycles. The first kappa shape index (κ1) is 48.9. The molecule has 7 amide bonds. The minimum atomic E-state index is -1.80. The summed E-state index contributed by atoms with van der Waals surface area (Å²) in [7, 11) is 0. The second kappa shape index (κ2) is 24.4. The van der Waals surface area contributed by atoms with E-state index in [2.05, 4.69) is 31.9 Å². The SMILES string of the molecule is CC[C@H](C)[C@H](NC(=O)[C@@H](N)C(C)C)C(=O)N[C@@H](CC(=O)O)C(=O)N[C@@H](CCC(N)=O)C(=O)N[C@@H](Cc1ccccc1)C(=O)NCC(=O)N[C@@H](CCC(=O)O)C(=O)O. The van der Waals surface area contributed by atoms with E-state index < -0.39 is 140 Å². The Labute approximate surface area is 328 Å². The predicted octanol–water partition coefficient (Wildman–Crippen LogP) is -2.51. The van der Waals surface area contributed by atoms with Crippen LogP contribution in [0.5, 0.6) is 0 Å². The number of carboxylic acid groups (broad SMARTS) is 3. The Hall–Kier alpha value is -6.12. The van der Waals surface area contributed by atoms with E-state index in [1.165, 1.54) is 0 Å². The van der Waals surface area contributed by atoms with Crippen LogP contribution in [0.2, 0.25) is 0 Å². The monoisotopic (exact) mass is 806 g/mol. The Balaban J connectivity index is 3.33. The number of hydrogen-bond acceptors (Lipinski definition) is 11. The average Bonchev–Trinajstić information content (AvgIpc) is 3.14. The van der Waals surface area contributed by atoms with Gasteiger partial charge in [-0.15, -0.1) is 0 Å². The average molecular weight is 807 g/mol. The van der Waals surface area contributed by atoms with E-state index in [4.69, 9.17) is 16.6 Å². The summed E-state index contributed by atoms with van der Waals surface area (Å²) >= 11 is 0. The number of nitrogens with two attached hydrogens (primary N) is 2. The van der Waals surface area contributed by atoms with Crippen LogP contribution in [0.1, 0.15) is 71.8 Å². The molecular formula is C36H54N8O13. The topological polar surface area (TPSA) is 356 Å². The molecule has 0 bridgehead atoms. The summed E-state index contributed by atoms with van der Waals surface area (Å²) in [6, 6.07) is -0.441. The van der Waals surface area contributed by atoms with Crippen molar-refractivity contribution in [3.8, 4) is 0 Å². The van der Waals surface area contributed by atoms with Crippen LogP contribution in [0.3, 0.4) is 0 Å². The molecule has 0 heterocycles. The van der Waals surface area contributed by atoms with Crippen LogP contribution in [0.25, 0.3) is 0 Å². The van der Waals surface area contributed by atoms with Crippen LogP contribution in [0.15, 0.2) is 30.3 Å². The second-order valence-electron chi connectivity index (χ2n) is 13.7. The first-order chi connectivity index (χ1) is 26.7. The molecule has 21 heteroatoms. The standard InChI is InChI=1S/C36H54N8O13/c1-5-19(4)30(44-34(54)29(38)18(2)3)35(55)43-24(16-28(49)50)33(53)41-21(11-13-25(37)45)32(52)42-23(15-20-9-7-6-8-10-20)31(51)39-17-26(46)40-22(36(56)57)12-14-27(47)48/h6-10,18-19,21-24,29-30H,5,11-17,38H2,1-4H3,(H2,37,45)(H,39,51)(H,40,46)(H,41,53)(H,42,52)(H,43,55)(H,44,54)(H,47,48)(H,49,50)(H,56,57)/t19-,21-,22-,23-,24-,29-,30-/m0/s1. The van der Waals surface area contributed by atoms with Crippen molar-refractivity contribution in [2.24, 2.45) is 23.3 Å². The highest BCUT2D eigenvalue weighted by molar-refractivity contribution is 5.98. The van der Waals surface area contributed by atoms with E-state index in [-0.39, 0.29) is 12.3 Å². The molecule has 316 valence electrons. The fourth-order valence-corrected chi connectivity index (χ4v) is 5.12. The summed E-state index contributed by atoms with van der Waals surface area (Å²) in [6.45, 7) is 6.00. The van der Waals surface area contributed by atoms with Gasteiger partial charge in [0.05, 0.1) is 19.0 Å². The van der Waals surface area contributed by atoms with E-state index in [0.717, 1.165) is 0 Å². The molecule has 0 aliphatic carbocycles. The molecule has 0 aliphatic heterocycles. The highest BCUT2D eigenvalue weighted by Crippen LogP contribution is 2.11. The number of benzene rings is 1. The van der Waals surface area contributed by atoms with Gasteiger partial charge in [0, 0.05) is 19.3 Å². The van der Waals surface area contributed by atoms with Crippen molar-refractivity contribution in [2.75, 3.05) is 6.54 Å². The van der Waals surface area contributed by atoms with Gasteiger partial charge in [-0.3, -0.25) is 43.2 Å². The molecule has 0 radical (unpaired) electrons. The Morgan fingerprint density at radius 2 is 1.21 bits per heavy atom. The first-order valence-electron chi connectivity index (χ1n) is 18.2. The highest BCUT2D eigenvalue weighted by atomic mass is 16.4. The number of rotatable bonds is 26. The van der Waals surface area contributed by atoms with Gasteiger partial charge in [0.1, 0.15) is 30.2 Å². The third-order valence-corrected chi connectivity index (χ3v) is 8.76. The van der Waals surface area contributed by atoms with Crippen molar-refractivity contribution in [1.29, 1.82) is 0 Å². The molecule has 0 saturated heterocycles. The molecular weight excluding hydrogens is 752 g/mol. The van der Waals surface area contributed by atoms with Gasteiger partial charge in [0.25, 0.3) is 0 Å². The Morgan fingerprint density at radius 1 is 0.649 bits per heavy atom. The molecule has 0 spiro atoms. The van der Waals surface area contributed by atoms with Gasteiger partial charge in [-0.05, 0) is 30.2 Å². The van der Waals surface area contributed by atoms with E-state index >= 15 is 0 Å². The number of carbonyl (C=O) groups excluding carboxylic acids is 7. The molecule has 13 N–H and O–H groups in total. The maximum absolute atomic E-state index is 13.7. The molecule has 21 nitrogen and oxygen atoms in total. The van der Waals surface area contributed by atoms with E-state index in [9.17, 15) is 58.2 Å². The number of hydrogen-bond donors (Lipinski definition) is 11. The minimum Gasteiger partial charge on any atom is -0.481 e. The van der Waals surface area contributed by atoms with Crippen LogP contribution >= 0.6 is 0 Å². The molecule has 0 aromatic heterocycles. The first-order valence-corrected chi connectivity index (χ1v) is 18.2. The van der Waals surface area contributed by atoms with Crippen molar-refractivity contribution in [3.05, 3.63) is 35.9 Å². The summed E-state index contributed by atoms with van der Waals surface area (Å²) in [5.41, 5.74) is 11.8. The lowest BCUT2D eigenvalue weighted by Gasteiger charge is -2.28. The lowest BCUT2D eigenvalue weighted by Crippen LogP contribution is -2.60. The smallest absolute Gasteiger partial charge is 0.326 e. The highest BCUT2D eigenvalue weighted by Gasteiger charge is 2.35. The summed E-state index contributed by atoms with van der Waals surface area (Å²) in [6.07, 6.45) is -2.64. The molecule has 1 rings (SSSR count). The lowest BCUT2D eigenvalue weighted by molar-refractivity contribution is -0.143. The molecule has 1 aromatic rings. The fraction of sp³-hybridized carbons (Fsp3) is 0.556. The lowest BCUT2D eigenvalue weighted by atomic mass is 9.96. The molecule has 0 fully saturated rings. The van der Waals surface area contributed by atoms with Crippen molar-refractivity contribution < 1.29 is 63.3 Å². The number of aliphatic carboxylic acids is 3. The van der Waals surface area contributed by atoms with Gasteiger partial charge in [-0.1, -0.05) is 64.4 Å². The van der Waals surface area contributed by atoms with Crippen LogP contribution in [-0.2, 0) is 54.4 Å². The summed E-state index contributed by atoms with van der Waals surface area (Å²) in [5, 5.41) is 41.8. The van der Waals surface area contributed by atoms with E-state index in [0.29, 0.717) is 12.0 Å². The van der Waals surface area contributed by atoms with Crippen LogP contribution in [-0.4, -0.2) is 117 Å². The van der Waals surface area contributed by atoms with Crippen LogP contribution in [0, 0.1) is 11.8 Å². The fourth-order valence-electron chi connectivity index (χ4n) is 5.12. The summed E-state index contributed by atoms with van der Waals surface area (Å²) in [5.74, 6) is -11.7. The van der Waals surface area contributed by atoms with E-state index in [1.54, 1.807) is 58.0 Å². The minimum absolute atomic E-state index is 0.173. The maximum atomic E-state index is 13.7. The van der Waals surface area contributed by atoms with Gasteiger partial charge in [-0.25, -0.2) is 4.79 Å². The molecule has 7 atom stereocenters. The van der Waals surface area contributed by atoms with Crippen molar-refractivity contribution in [1.82, 2.24) is 31.9 Å². The Morgan fingerprint density at radius 3 is 1.74 bits per heavy atom. The van der Waals surface area contributed by atoms with Gasteiger partial charge in [-0.2, -0.15) is 0 Å². The Bertz CT molecular complexity index is 1610. The van der Waals surface area contributed by atoms with Crippen molar-refractivity contribution in [2.45, 2.75) is 109 Å². The van der Waals surface area contributed by atoms with Gasteiger partial charge < -0.3 is 58.7 Å². The molecule has 0 aliphatic rings. The van der Waals surface area contributed by atoms with E-state index in [1.807, 2.05) is 0 Å². The zero-order chi connectivity index (χ0) is 43.4. The molecule has 57 heavy (non-hydrogen) atoms. The number of primary amides is 1. The summed E-state index contributed by atoms with van der Waals surface area (Å²) < 4.78 is 0. The number of carboxylic acids is 3. The normalized spacial score (nSPS) is 14.6. The molecule has 0 unspecified atom stereocenters. The molecule has 0 saturated carbocycles. The number of nitrogens with one attached hydrogen (secondary N) is 6. The maximum Gasteiger partial charge on any atom is 0.326 e. The zero-order valence-electron chi connectivity index (χ0n) is 32.2. The Kier molecular flexibility index (Phi) is 20.9.